The molecular weight excluding hydrogens is 412 g/mol. The molecule has 0 radical (unpaired) electrons. The first-order valence-electron chi connectivity index (χ1n) is 10.9. The molecule has 2 N–H and O–H groups in total. The van der Waals surface area contributed by atoms with Crippen LogP contribution in [-0.4, -0.2) is 54.5 Å². The molecule has 0 saturated carbocycles. The topological polar surface area (TPSA) is 71.3 Å². The Bertz CT molecular complexity index is 918. The number of nitrogens with one attached hydrogen (secondary N) is 1. The normalized spacial score (nSPS) is 16.5. The summed E-state index contributed by atoms with van der Waals surface area (Å²) >= 11 is 1.31. The van der Waals surface area contributed by atoms with Crippen LogP contribution in [-0.2, 0) is 4.79 Å². The lowest BCUT2D eigenvalue weighted by Crippen LogP contribution is -3.12. The van der Waals surface area contributed by atoms with Gasteiger partial charge in [0.2, 0.25) is 5.78 Å². The van der Waals surface area contributed by atoms with E-state index >= 15 is 0 Å². The van der Waals surface area contributed by atoms with E-state index in [0.29, 0.717) is 18.0 Å². The largest absolute Gasteiger partial charge is 0.503 e. The van der Waals surface area contributed by atoms with Gasteiger partial charge in [-0.2, -0.15) is 0 Å². The van der Waals surface area contributed by atoms with Crippen molar-refractivity contribution in [2.45, 2.75) is 33.2 Å². The lowest BCUT2D eigenvalue weighted by atomic mass is 9.95. The van der Waals surface area contributed by atoms with Gasteiger partial charge >= 0.3 is 0 Å². The number of hydrogen-bond acceptors (Lipinski definition) is 5. The summed E-state index contributed by atoms with van der Waals surface area (Å²) in [6.07, 6.45) is 0.913. The van der Waals surface area contributed by atoms with E-state index in [-0.39, 0.29) is 11.4 Å². The lowest BCUT2D eigenvalue weighted by molar-refractivity contribution is -0.895. The molecule has 0 aliphatic carbocycles. The molecule has 1 aliphatic heterocycles. The number of hydrogen-bond donors (Lipinski definition) is 2. The summed E-state index contributed by atoms with van der Waals surface area (Å²) in [4.78, 5) is 29.7. The van der Waals surface area contributed by atoms with Gasteiger partial charge in [-0.15, -0.1) is 11.3 Å². The first kappa shape index (κ1) is 23.0. The minimum Gasteiger partial charge on any atom is -0.503 e. The Morgan fingerprint density at radius 2 is 1.87 bits per heavy atom. The number of ketones is 1. The summed E-state index contributed by atoms with van der Waals surface area (Å²) in [6, 6.07) is 10.4. The summed E-state index contributed by atoms with van der Waals surface area (Å²) in [5.74, 6) is -0.477. The molecule has 1 atom stereocenters. The number of Topliss-reactive ketones (excluding diaryl/α,β-unsaturated/α-hetero) is 1. The number of quaternary nitrogens is 1. The quantitative estimate of drug-likeness (QED) is 0.524. The van der Waals surface area contributed by atoms with Gasteiger partial charge in [0.15, 0.2) is 5.76 Å². The van der Waals surface area contributed by atoms with Crippen molar-refractivity contribution in [2.24, 2.45) is 0 Å². The van der Waals surface area contributed by atoms with Gasteiger partial charge < -0.3 is 19.6 Å². The van der Waals surface area contributed by atoms with Crippen LogP contribution in [0.4, 0.5) is 0 Å². The highest BCUT2D eigenvalue weighted by Gasteiger charge is 2.44. The van der Waals surface area contributed by atoms with Crippen molar-refractivity contribution in [3.63, 3.8) is 0 Å². The van der Waals surface area contributed by atoms with Crippen LogP contribution >= 0.6 is 11.3 Å². The number of aliphatic hydroxyl groups excluding tert-OH is 1. The molecule has 0 spiro atoms. The molecule has 1 aliphatic rings. The summed E-state index contributed by atoms with van der Waals surface area (Å²) in [5.41, 5.74) is 0.944. The number of aliphatic hydroxyl groups is 1. The second-order valence-corrected chi connectivity index (χ2v) is 8.54. The van der Waals surface area contributed by atoms with E-state index < -0.39 is 17.7 Å². The zero-order valence-electron chi connectivity index (χ0n) is 18.4. The highest BCUT2D eigenvalue weighted by Crippen LogP contribution is 2.39. The van der Waals surface area contributed by atoms with Gasteiger partial charge in [-0.05, 0) is 49.4 Å². The van der Waals surface area contributed by atoms with E-state index in [2.05, 4.69) is 13.8 Å². The molecule has 0 fully saturated rings. The molecule has 2 heterocycles. The number of rotatable bonds is 11. The van der Waals surface area contributed by atoms with E-state index in [1.54, 1.807) is 17.0 Å². The summed E-state index contributed by atoms with van der Waals surface area (Å²) in [7, 11) is 0. The van der Waals surface area contributed by atoms with Crippen molar-refractivity contribution in [3.8, 4) is 5.75 Å². The first-order valence-corrected chi connectivity index (χ1v) is 11.8. The third-order valence-corrected chi connectivity index (χ3v) is 6.54. The molecular formula is C24H31N2O4S+. The van der Waals surface area contributed by atoms with Crippen LogP contribution in [0.1, 0.15) is 48.5 Å². The van der Waals surface area contributed by atoms with E-state index in [1.807, 2.05) is 36.6 Å². The number of nitrogens with zero attached hydrogens (tertiary/aromatic N) is 1. The van der Waals surface area contributed by atoms with Gasteiger partial charge in [0.1, 0.15) is 5.75 Å². The minimum atomic E-state index is -0.614. The maximum Gasteiger partial charge on any atom is 0.290 e. The van der Waals surface area contributed by atoms with Crippen molar-refractivity contribution < 1.29 is 24.3 Å². The molecule has 3 rings (SSSR count). The predicted molar refractivity (Wildman–Crippen MR) is 122 cm³/mol. The zero-order valence-corrected chi connectivity index (χ0v) is 19.2. The zero-order chi connectivity index (χ0) is 22.4. The fourth-order valence-electron chi connectivity index (χ4n) is 3.85. The van der Waals surface area contributed by atoms with Crippen LogP contribution in [0.25, 0.3) is 0 Å². The molecule has 2 aromatic rings. The Morgan fingerprint density at radius 3 is 2.45 bits per heavy atom. The van der Waals surface area contributed by atoms with Crippen molar-refractivity contribution in [2.75, 3.05) is 32.8 Å². The van der Waals surface area contributed by atoms with E-state index in [9.17, 15) is 14.7 Å². The fraction of sp³-hybridized carbons (Fsp3) is 0.417. The molecule has 0 bridgehead atoms. The molecule has 1 aromatic carbocycles. The Balaban J connectivity index is 1.95. The van der Waals surface area contributed by atoms with Gasteiger partial charge in [0, 0.05) is 0 Å². The van der Waals surface area contributed by atoms with Crippen molar-refractivity contribution in [3.05, 3.63) is 63.6 Å². The van der Waals surface area contributed by atoms with Gasteiger partial charge in [0.05, 0.1) is 49.3 Å². The third-order valence-electron chi connectivity index (χ3n) is 5.67. The molecule has 0 saturated heterocycles. The van der Waals surface area contributed by atoms with Gasteiger partial charge in [-0.25, -0.2) is 0 Å². The fourth-order valence-corrected chi connectivity index (χ4v) is 4.53. The SMILES string of the molecule is CCCOc1ccc([C@@H]2C(C(=O)c3cccs3)=C(O)C(=O)N2CC[NH+](CC)CC)cc1. The second kappa shape index (κ2) is 10.6. The Kier molecular flexibility index (Phi) is 7.87. The molecule has 6 nitrogen and oxygen atoms in total. The molecule has 1 aromatic heterocycles. The van der Waals surface area contributed by atoms with E-state index in [0.717, 1.165) is 37.4 Å². The molecule has 31 heavy (non-hydrogen) atoms. The highest BCUT2D eigenvalue weighted by molar-refractivity contribution is 7.12. The summed E-state index contributed by atoms with van der Waals surface area (Å²) < 4.78 is 5.67. The Labute approximate surface area is 187 Å². The lowest BCUT2D eigenvalue weighted by Gasteiger charge is -2.28. The van der Waals surface area contributed by atoms with Crippen LogP contribution in [0.15, 0.2) is 53.1 Å². The monoisotopic (exact) mass is 443 g/mol. The first-order chi connectivity index (χ1) is 15.0. The maximum atomic E-state index is 13.2. The highest BCUT2D eigenvalue weighted by atomic mass is 32.1. The molecule has 0 unspecified atom stereocenters. The van der Waals surface area contributed by atoms with E-state index in [1.165, 1.54) is 16.2 Å². The van der Waals surface area contributed by atoms with Gasteiger partial charge in [-0.1, -0.05) is 25.1 Å². The van der Waals surface area contributed by atoms with Crippen molar-refractivity contribution in [1.82, 2.24) is 4.90 Å². The van der Waals surface area contributed by atoms with Crippen LogP contribution in [0.5, 0.6) is 5.75 Å². The number of likely N-dealkylation sites (N-methyl/N-ethyl adjacent to an activating group) is 1. The number of thiophene rings is 1. The molecule has 7 heteroatoms. The summed E-state index contributed by atoms with van der Waals surface area (Å²) in [6.45, 7) is 10.0. The average Bonchev–Trinajstić information content (AvgIpc) is 3.41. The van der Waals surface area contributed by atoms with Crippen LogP contribution in [0.2, 0.25) is 0 Å². The minimum absolute atomic E-state index is 0.157. The van der Waals surface area contributed by atoms with Crippen molar-refractivity contribution in [1.29, 1.82) is 0 Å². The second-order valence-electron chi connectivity index (χ2n) is 7.59. The number of amides is 1. The van der Waals surface area contributed by atoms with Crippen LogP contribution in [0, 0.1) is 0 Å². The van der Waals surface area contributed by atoms with Crippen molar-refractivity contribution >= 4 is 23.0 Å². The average molecular weight is 444 g/mol. The predicted octanol–water partition coefficient (Wildman–Crippen LogP) is 3.04. The Hall–Kier alpha value is -2.64. The van der Waals surface area contributed by atoms with E-state index in [4.69, 9.17) is 4.74 Å². The van der Waals surface area contributed by atoms with Crippen LogP contribution < -0.4 is 9.64 Å². The van der Waals surface area contributed by atoms with Gasteiger partial charge in [0.25, 0.3) is 5.91 Å². The smallest absolute Gasteiger partial charge is 0.290 e. The number of benzene rings is 1. The molecule has 166 valence electrons. The number of carbonyl (C=O) groups excluding carboxylic acids is 2. The number of ether oxygens (including phenoxy) is 1. The number of carbonyl (C=O) groups is 2. The Morgan fingerprint density at radius 1 is 1.16 bits per heavy atom. The third kappa shape index (κ3) is 4.99. The van der Waals surface area contributed by atoms with Crippen LogP contribution in [0.3, 0.4) is 0 Å². The molecule has 1 amide bonds. The van der Waals surface area contributed by atoms with Gasteiger partial charge in [-0.3, -0.25) is 9.59 Å². The standard InChI is InChI=1S/C24H30N2O4S/c1-4-15-30-18-11-9-17(10-12-18)21-20(22(27)19-8-7-16-31-19)23(28)24(29)26(21)14-13-25(5-2)6-3/h7-12,16,21,28H,4-6,13-15H2,1-3H3/p+1/t21-/m1/s1. The summed E-state index contributed by atoms with van der Waals surface area (Å²) in [5, 5.41) is 12.5. The maximum absolute atomic E-state index is 13.2.